The van der Waals surface area contributed by atoms with E-state index in [1.165, 1.54) is 11.8 Å². The highest BCUT2D eigenvalue weighted by Gasteiger charge is 1.94. The monoisotopic (exact) mass is 250 g/mol. The molecule has 0 saturated carbocycles. The number of nitrogens with one attached hydrogen (secondary N) is 2. The fraction of sp³-hybridized carbons (Fsp3) is 0.333. The number of aromatic amines is 1. The van der Waals surface area contributed by atoms with Gasteiger partial charge in [0.1, 0.15) is 0 Å². The van der Waals surface area contributed by atoms with Gasteiger partial charge in [-0.05, 0) is 6.42 Å². The molecule has 1 rings (SSSR count). The Labute approximate surface area is 85.6 Å². The fourth-order valence-corrected chi connectivity index (χ4v) is 1.23. The van der Waals surface area contributed by atoms with Crippen molar-refractivity contribution in [3.8, 4) is 0 Å². The van der Waals surface area contributed by atoms with Crippen LogP contribution in [0.5, 0.6) is 0 Å². The first-order valence-corrected chi connectivity index (χ1v) is 4.21. The Balaban J connectivity index is 0.00000121. The SMILES string of the molecule is Br.N=C(N)SCCc1cnc[nH]1. The van der Waals surface area contributed by atoms with Crippen molar-refractivity contribution in [2.24, 2.45) is 5.73 Å². The van der Waals surface area contributed by atoms with Gasteiger partial charge in [0.2, 0.25) is 0 Å². The molecule has 1 aromatic heterocycles. The van der Waals surface area contributed by atoms with Gasteiger partial charge in [-0.2, -0.15) is 0 Å². The van der Waals surface area contributed by atoms with Gasteiger partial charge in [0.15, 0.2) is 5.17 Å². The molecule has 0 aliphatic heterocycles. The molecule has 4 nitrogen and oxygen atoms in total. The van der Waals surface area contributed by atoms with Crippen LogP contribution in [-0.4, -0.2) is 20.9 Å². The number of halogens is 1. The molecule has 0 amide bonds. The maximum atomic E-state index is 6.94. The van der Waals surface area contributed by atoms with Gasteiger partial charge in [-0.25, -0.2) is 4.98 Å². The Hall–Kier alpha value is -0.490. The van der Waals surface area contributed by atoms with Crippen LogP contribution in [0, 0.1) is 5.41 Å². The highest BCUT2D eigenvalue weighted by molar-refractivity contribution is 8.93. The van der Waals surface area contributed by atoms with Crippen LogP contribution in [0.15, 0.2) is 12.5 Å². The van der Waals surface area contributed by atoms with Crippen molar-refractivity contribution in [3.63, 3.8) is 0 Å². The van der Waals surface area contributed by atoms with Gasteiger partial charge in [-0.15, -0.1) is 17.0 Å². The number of imidazole rings is 1. The number of thioether (sulfide) groups is 1. The van der Waals surface area contributed by atoms with E-state index >= 15 is 0 Å². The van der Waals surface area contributed by atoms with E-state index < -0.39 is 0 Å². The number of aromatic nitrogens is 2. The lowest BCUT2D eigenvalue weighted by molar-refractivity contribution is 1.08. The molecular weight excluding hydrogens is 240 g/mol. The Morgan fingerprint density at radius 1 is 1.75 bits per heavy atom. The van der Waals surface area contributed by atoms with Gasteiger partial charge >= 0.3 is 0 Å². The third kappa shape index (κ3) is 4.40. The molecule has 0 unspecified atom stereocenters. The number of hydrogen-bond donors (Lipinski definition) is 3. The second-order valence-electron chi connectivity index (χ2n) is 2.04. The largest absolute Gasteiger partial charge is 0.379 e. The standard InChI is InChI=1S/C6H10N4S.BrH/c7-6(8)11-2-1-5-3-9-4-10-5;/h3-4H,1-2H2,(H3,7,8)(H,9,10);1H. The summed E-state index contributed by atoms with van der Waals surface area (Å²) in [6, 6.07) is 0. The number of hydrogen-bond acceptors (Lipinski definition) is 3. The molecule has 0 bridgehead atoms. The molecule has 0 saturated heterocycles. The Kier molecular flexibility index (Phi) is 5.83. The number of amidine groups is 1. The Morgan fingerprint density at radius 3 is 3.00 bits per heavy atom. The topological polar surface area (TPSA) is 78.6 Å². The van der Waals surface area contributed by atoms with Crippen molar-refractivity contribution < 1.29 is 0 Å². The molecule has 6 heteroatoms. The summed E-state index contributed by atoms with van der Waals surface area (Å²) in [5.74, 6) is 0.831. The molecule has 4 N–H and O–H groups in total. The summed E-state index contributed by atoms with van der Waals surface area (Å²) in [5, 5.41) is 7.11. The second kappa shape index (κ2) is 6.07. The lowest BCUT2D eigenvalue weighted by Crippen LogP contribution is -2.05. The number of aryl methyl sites for hydroxylation is 1. The van der Waals surface area contributed by atoms with E-state index in [1.54, 1.807) is 12.5 Å². The van der Waals surface area contributed by atoms with Crippen molar-refractivity contribution in [1.29, 1.82) is 5.41 Å². The fourth-order valence-electron chi connectivity index (χ4n) is 0.692. The highest BCUT2D eigenvalue weighted by atomic mass is 79.9. The van der Waals surface area contributed by atoms with Crippen LogP contribution < -0.4 is 5.73 Å². The zero-order valence-electron chi connectivity index (χ0n) is 6.41. The van der Waals surface area contributed by atoms with Crippen LogP contribution in [0.4, 0.5) is 0 Å². The van der Waals surface area contributed by atoms with Gasteiger partial charge in [0.05, 0.1) is 6.33 Å². The molecule has 68 valence electrons. The zero-order chi connectivity index (χ0) is 8.10. The summed E-state index contributed by atoms with van der Waals surface area (Å²) in [6.45, 7) is 0. The van der Waals surface area contributed by atoms with Gasteiger partial charge in [0, 0.05) is 17.6 Å². The summed E-state index contributed by atoms with van der Waals surface area (Å²) in [6.07, 6.45) is 4.30. The van der Waals surface area contributed by atoms with E-state index in [4.69, 9.17) is 11.1 Å². The third-order valence-corrected chi connectivity index (χ3v) is 1.90. The van der Waals surface area contributed by atoms with Crippen LogP contribution in [0.25, 0.3) is 0 Å². The normalized spacial score (nSPS) is 9.00. The molecule has 0 atom stereocenters. The van der Waals surface area contributed by atoms with Gasteiger partial charge in [0.25, 0.3) is 0 Å². The average Bonchev–Trinajstić information content (AvgIpc) is 2.39. The molecule has 0 spiro atoms. The van der Waals surface area contributed by atoms with E-state index in [2.05, 4.69) is 9.97 Å². The first-order valence-electron chi connectivity index (χ1n) is 3.23. The molecule has 1 aromatic rings. The predicted octanol–water partition coefficient (Wildman–Crippen LogP) is 1.16. The minimum atomic E-state index is 0. The highest BCUT2D eigenvalue weighted by Crippen LogP contribution is 2.02. The van der Waals surface area contributed by atoms with Crippen molar-refractivity contribution in [3.05, 3.63) is 18.2 Å². The molecule has 0 aliphatic carbocycles. The van der Waals surface area contributed by atoms with Crippen LogP contribution in [0.2, 0.25) is 0 Å². The number of H-pyrrole nitrogens is 1. The van der Waals surface area contributed by atoms with E-state index in [1.807, 2.05) is 0 Å². The van der Waals surface area contributed by atoms with E-state index in [-0.39, 0.29) is 22.1 Å². The summed E-state index contributed by atoms with van der Waals surface area (Å²) < 4.78 is 0. The molecule has 0 aromatic carbocycles. The van der Waals surface area contributed by atoms with Crippen LogP contribution in [0.1, 0.15) is 5.69 Å². The first kappa shape index (κ1) is 11.5. The molecule has 0 fully saturated rings. The Morgan fingerprint density at radius 2 is 2.50 bits per heavy atom. The second-order valence-corrected chi connectivity index (χ2v) is 3.18. The maximum Gasteiger partial charge on any atom is 0.151 e. The Bertz CT molecular complexity index is 223. The summed E-state index contributed by atoms with van der Waals surface area (Å²) >= 11 is 1.34. The van der Waals surface area contributed by atoms with Crippen molar-refractivity contribution in [2.45, 2.75) is 6.42 Å². The molecular formula is C6H11BrN4S. The maximum absolute atomic E-state index is 6.94. The van der Waals surface area contributed by atoms with Crippen LogP contribution in [0.3, 0.4) is 0 Å². The molecule has 1 heterocycles. The first-order chi connectivity index (χ1) is 5.29. The summed E-state index contributed by atoms with van der Waals surface area (Å²) in [5.41, 5.74) is 6.23. The van der Waals surface area contributed by atoms with E-state index in [9.17, 15) is 0 Å². The van der Waals surface area contributed by atoms with Crippen LogP contribution in [-0.2, 0) is 6.42 Å². The van der Waals surface area contributed by atoms with Crippen molar-refractivity contribution in [2.75, 3.05) is 5.75 Å². The quantitative estimate of drug-likeness (QED) is 0.557. The third-order valence-electron chi connectivity index (χ3n) is 1.18. The molecule has 0 aliphatic rings. The van der Waals surface area contributed by atoms with Crippen LogP contribution >= 0.6 is 28.7 Å². The van der Waals surface area contributed by atoms with Crippen molar-refractivity contribution in [1.82, 2.24) is 9.97 Å². The lowest BCUT2D eigenvalue weighted by atomic mass is 10.4. The van der Waals surface area contributed by atoms with Gasteiger partial charge in [-0.1, -0.05) is 11.8 Å². The summed E-state index contributed by atoms with van der Waals surface area (Å²) in [7, 11) is 0. The number of rotatable bonds is 3. The molecule has 0 radical (unpaired) electrons. The average molecular weight is 251 g/mol. The predicted molar refractivity (Wildman–Crippen MR) is 57.0 cm³/mol. The lowest BCUT2D eigenvalue weighted by Gasteiger charge is -1.95. The van der Waals surface area contributed by atoms with Crippen molar-refractivity contribution >= 4 is 33.9 Å². The minimum absolute atomic E-state index is 0. The smallest absolute Gasteiger partial charge is 0.151 e. The number of nitrogens with zero attached hydrogens (tertiary/aromatic N) is 1. The van der Waals surface area contributed by atoms with Gasteiger partial charge in [-0.3, -0.25) is 5.41 Å². The number of nitrogens with two attached hydrogens (primary N) is 1. The van der Waals surface area contributed by atoms with Gasteiger partial charge < -0.3 is 10.7 Å². The molecule has 12 heavy (non-hydrogen) atoms. The van der Waals surface area contributed by atoms with E-state index in [0.29, 0.717) is 0 Å². The summed E-state index contributed by atoms with van der Waals surface area (Å²) in [4.78, 5) is 6.85. The van der Waals surface area contributed by atoms with E-state index in [0.717, 1.165) is 17.9 Å². The minimum Gasteiger partial charge on any atom is -0.379 e. The zero-order valence-corrected chi connectivity index (χ0v) is 8.94.